The third-order valence-electron chi connectivity index (χ3n) is 4.58. The molecule has 2 unspecified atom stereocenters. The molecular formula is C14H26N2O3. The zero-order valence-electron chi connectivity index (χ0n) is 12.2. The Labute approximate surface area is 115 Å². The van der Waals surface area contributed by atoms with Crippen LogP contribution in [0.5, 0.6) is 0 Å². The van der Waals surface area contributed by atoms with E-state index in [1.54, 1.807) is 7.05 Å². The van der Waals surface area contributed by atoms with Gasteiger partial charge in [-0.15, -0.1) is 0 Å². The van der Waals surface area contributed by atoms with Crippen LogP contribution in [0.4, 0.5) is 0 Å². The Balaban J connectivity index is 2.06. The van der Waals surface area contributed by atoms with Gasteiger partial charge in [-0.3, -0.25) is 9.69 Å². The van der Waals surface area contributed by atoms with Crippen LogP contribution in [0.2, 0.25) is 0 Å². The summed E-state index contributed by atoms with van der Waals surface area (Å²) in [5.41, 5.74) is -0.868. The number of hydrogen-bond acceptors (Lipinski definition) is 4. The highest BCUT2D eigenvalue weighted by molar-refractivity contribution is 5.79. The van der Waals surface area contributed by atoms with E-state index in [1.165, 1.54) is 0 Å². The zero-order chi connectivity index (χ0) is 14.1. The molecule has 0 aromatic heterocycles. The van der Waals surface area contributed by atoms with E-state index in [-0.39, 0.29) is 5.60 Å². The molecule has 110 valence electrons. The molecule has 2 rings (SSSR count). The number of ether oxygens (including phenoxy) is 1. The van der Waals surface area contributed by atoms with Crippen molar-refractivity contribution in [3.8, 4) is 0 Å². The van der Waals surface area contributed by atoms with E-state index in [9.17, 15) is 9.90 Å². The molecule has 5 nitrogen and oxygen atoms in total. The van der Waals surface area contributed by atoms with Gasteiger partial charge in [0.15, 0.2) is 0 Å². The maximum atomic E-state index is 11.6. The summed E-state index contributed by atoms with van der Waals surface area (Å²) in [6.07, 6.45) is 3.47. The van der Waals surface area contributed by atoms with Crippen molar-refractivity contribution in [3.63, 3.8) is 0 Å². The Morgan fingerprint density at radius 2 is 2.21 bits per heavy atom. The van der Waals surface area contributed by atoms with Crippen LogP contribution in [0.1, 0.15) is 39.5 Å². The van der Waals surface area contributed by atoms with E-state index in [0.717, 1.165) is 39.0 Å². The molecule has 2 fully saturated rings. The molecule has 0 aromatic carbocycles. The van der Waals surface area contributed by atoms with Gasteiger partial charge in [0, 0.05) is 19.1 Å². The summed E-state index contributed by atoms with van der Waals surface area (Å²) in [7, 11) is 1.76. The lowest BCUT2D eigenvalue weighted by molar-refractivity contribution is -0.148. The zero-order valence-corrected chi connectivity index (χ0v) is 12.2. The molecule has 1 aliphatic heterocycles. The smallest absolute Gasteiger partial charge is 0.323 e. The highest BCUT2D eigenvalue weighted by Crippen LogP contribution is 2.33. The molecule has 0 bridgehead atoms. The quantitative estimate of drug-likeness (QED) is 0.803. The number of nitrogens with zero attached hydrogens (tertiary/aromatic N) is 1. The predicted octanol–water partition coefficient (Wildman–Crippen LogP) is 1.08. The van der Waals surface area contributed by atoms with Crippen molar-refractivity contribution in [2.24, 2.45) is 0 Å². The number of likely N-dealkylation sites (N-methyl/N-ethyl adjacent to an activating group) is 1. The van der Waals surface area contributed by atoms with Crippen LogP contribution in [0.15, 0.2) is 0 Å². The first-order chi connectivity index (χ1) is 8.88. The maximum Gasteiger partial charge on any atom is 0.323 e. The minimum Gasteiger partial charge on any atom is -0.480 e. The number of morpholine rings is 1. The van der Waals surface area contributed by atoms with Crippen molar-refractivity contribution in [1.29, 1.82) is 0 Å². The number of aliphatic carboxylic acids is 1. The SMILES string of the molecule is CNC1(C(=O)O)CCCC(N2CCOC(C)(C)C2)C1. The lowest BCUT2D eigenvalue weighted by atomic mass is 9.78. The van der Waals surface area contributed by atoms with Gasteiger partial charge in [0.2, 0.25) is 0 Å². The van der Waals surface area contributed by atoms with Crippen molar-refractivity contribution in [3.05, 3.63) is 0 Å². The van der Waals surface area contributed by atoms with Crippen molar-refractivity contribution in [2.45, 2.75) is 56.7 Å². The van der Waals surface area contributed by atoms with Crippen molar-refractivity contribution < 1.29 is 14.6 Å². The van der Waals surface area contributed by atoms with Gasteiger partial charge in [0.25, 0.3) is 0 Å². The number of carboxylic acids is 1. The van der Waals surface area contributed by atoms with Crippen molar-refractivity contribution >= 4 is 5.97 Å². The first kappa shape index (κ1) is 14.8. The molecule has 1 saturated carbocycles. The fraction of sp³-hybridized carbons (Fsp3) is 0.929. The average molecular weight is 270 g/mol. The van der Waals surface area contributed by atoms with Crippen LogP contribution < -0.4 is 5.32 Å². The van der Waals surface area contributed by atoms with Crippen molar-refractivity contribution in [1.82, 2.24) is 10.2 Å². The van der Waals surface area contributed by atoms with Crippen LogP contribution in [-0.2, 0) is 9.53 Å². The third kappa shape index (κ3) is 3.09. The fourth-order valence-corrected chi connectivity index (χ4v) is 3.45. The lowest BCUT2D eigenvalue weighted by Gasteiger charge is -2.47. The number of carbonyl (C=O) groups is 1. The van der Waals surface area contributed by atoms with Gasteiger partial charge in [-0.05, 0) is 46.6 Å². The molecule has 0 aromatic rings. The summed E-state index contributed by atoms with van der Waals surface area (Å²) < 4.78 is 5.74. The Morgan fingerprint density at radius 3 is 2.79 bits per heavy atom. The average Bonchev–Trinajstić information content (AvgIpc) is 2.37. The molecule has 0 amide bonds. The number of nitrogens with one attached hydrogen (secondary N) is 1. The third-order valence-corrected chi connectivity index (χ3v) is 4.58. The lowest BCUT2D eigenvalue weighted by Crippen LogP contribution is -2.60. The molecule has 0 spiro atoms. The predicted molar refractivity (Wildman–Crippen MR) is 73.3 cm³/mol. The van der Waals surface area contributed by atoms with E-state index in [2.05, 4.69) is 24.1 Å². The van der Waals surface area contributed by atoms with E-state index in [0.29, 0.717) is 12.5 Å². The van der Waals surface area contributed by atoms with Crippen LogP contribution >= 0.6 is 0 Å². The molecular weight excluding hydrogens is 244 g/mol. The maximum absolute atomic E-state index is 11.6. The van der Waals surface area contributed by atoms with Crippen LogP contribution in [-0.4, -0.2) is 59.9 Å². The Morgan fingerprint density at radius 1 is 1.47 bits per heavy atom. The molecule has 1 saturated heterocycles. The minimum absolute atomic E-state index is 0.124. The van der Waals surface area contributed by atoms with Gasteiger partial charge in [0.05, 0.1) is 12.2 Å². The molecule has 2 N–H and O–H groups in total. The van der Waals surface area contributed by atoms with Crippen LogP contribution in [0.25, 0.3) is 0 Å². The summed E-state index contributed by atoms with van der Waals surface area (Å²) in [5.74, 6) is -0.716. The van der Waals surface area contributed by atoms with Crippen LogP contribution in [0, 0.1) is 0 Å². The van der Waals surface area contributed by atoms with Gasteiger partial charge < -0.3 is 15.2 Å². The van der Waals surface area contributed by atoms with E-state index in [1.807, 2.05) is 0 Å². The Kier molecular flexibility index (Phi) is 4.18. The molecule has 19 heavy (non-hydrogen) atoms. The Hall–Kier alpha value is -0.650. The van der Waals surface area contributed by atoms with Gasteiger partial charge in [0.1, 0.15) is 5.54 Å². The largest absolute Gasteiger partial charge is 0.480 e. The second-order valence-electron chi connectivity index (χ2n) is 6.47. The van der Waals surface area contributed by atoms with E-state index >= 15 is 0 Å². The van der Waals surface area contributed by atoms with Gasteiger partial charge in [-0.1, -0.05) is 0 Å². The molecule has 5 heteroatoms. The Bertz CT molecular complexity index is 346. The van der Waals surface area contributed by atoms with Crippen molar-refractivity contribution in [2.75, 3.05) is 26.7 Å². The molecule has 1 aliphatic carbocycles. The molecule has 0 radical (unpaired) electrons. The normalized spacial score (nSPS) is 36.1. The van der Waals surface area contributed by atoms with Gasteiger partial charge in [-0.25, -0.2) is 0 Å². The van der Waals surface area contributed by atoms with Gasteiger partial charge >= 0.3 is 5.97 Å². The summed E-state index contributed by atoms with van der Waals surface area (Å²) in [4.78, 5) is 14.0. The topological polar surface area (TPSA) is 61.8 Å². The fourth-order valence-electron chi connectivity index (χ4n) is 3.45. The molecule has 2 atom stereocenters. The first-order valence-corrected chi connectivity index (χ1v) is 7.19. The van der Waals surface area contributed by atoms with E-state index in [4.69, 9.17) is 4.74 Å². The second kappa shape index (κ2) is 5.38. The monoisotopic (exact) mass is 270 g/mol. The highest BCUT2D eigenvalue weighted by atomic mass is 16.5. The second-order valence-corrected chi connectivity index (χ2v) is 6.47. The number of hydrogen-bond donors (Lipinski definition) is 2. The first-order valence-electron chi connectivity index (χ1n) is 7.19. The summed E-state index contributed by atoms with van der Waals surface area (Å²) in [5, 5.41) is 12.6. The van der Waals surface area contributed by atoms with Crippen LogP contribution in [0.3, 0.4) is 0 Å². The minimum atomic E-state index is -0.745. The highest BCUT2D eigenvalue weighted by Gasteiger charge is 2.44. The van der Waals surface area contributed by atoms with E-state index < -0.39 is 11.5 Å². The number of carboxylic acid groups (broad SMARTS) is 1. The standard InChI is InChI=1S/C14H26N2O3/c1-13(2)10-16(7-8-19-13)11-5-4-6-14(9-11,15-3)12(17)18/h11,15H,4-10H2,1-3H3,(H,17,18). The summed E-state index contributed by atoms with van der Waals surface area (Å²) in [6.45, 7) is 6.74. The summed E-state index contributed by atoms with van der Waals surface area (Å²) >= 11 is 0. The molecule has 1 heterocycles. The number of rotatable bonds is 3. The summed E-state index contributed by atoms with van der Waals surface area (Å²) in [6, 6.07) is 0.348. The van der Waals surface area contributed by atoms with Gasteiger partial charge in [-0.2, -0.15) is 0 Å². The molecule has 2 aliphatic rings.